The number of nitrogens with zero attached hydrogens (tertiary/aromatic N) is 2. The predicted octanol–water partition coefficient (Wildman–Crippen LogP) is 4.60. The van der Waals surface area contributed by atoms with Gasteiger partial charge in [0.25, 0.3) is 0 Å². The van der Waals surface area contributed by atoms with Gasteiger partial charge in [0.15, 0.2) is 5.78 Å². The van der Waals surface area contributed by atoms with Crippen molar-refractivity contribution >= 4 is 29.3 Å². The average molecular weight is 327 g/mol. The molecule has 0 saturated carbocycles. The highest BCUT2D eigenvalue weighted by Crippen LogP contribution is 2.23. The van der Waals surface area contributed by atoms with Crippen molar-refractivity contribution in [1.29, 1.82) is 0 Å². The van der Waals surface area contributed by atoms with Crippen LogP contribution >= 0.6 is 23.5 Å². The van der Waals surface area contributed by atoms with Crippen LogP contribution in [0, 0.1) is 5.92 Å². The van der Waals surface area contributed by atoms with Crippen LogP contribution in [0.4, 0.5) is 0 Å². The van der Waals surface area contributed by atoms with Gasteiger partial charge in [0.05, 0.1) is 17.6 Å². The normalized spacial score (nSPS) is 11.7. The molecule has 0 saturated heterocycles. The number of carbonyl (C=O) groups excluding carboxylic acids is 1. The molecule has 0 atom stereocenters. The highest BCUT2D eigenvalue weighted by Gasteiger charge is 2.16. The number of thioether (sulfide) groups is 2. The summed E-state index contributed by atoms with van der Waals surface area (Å²) in [6.07, 6.45) is 1.64. The third-order valence-electron chi connectivity index (χ3n) is 2.81. The van der Waals surface area contributed by atoms with E-state index in [0.717, 1.165) is 22.9 Å². The summed E-state index contributed by atoms with van der Waals surface area (Å²) >= 11 is 3.70. The molecule has 0 bridgehead atoms. The summed E-state index contributed by atoms with van der Waals surface area (Å²) in [5.41, 5.74) is 2.48. The maximum absolute atomic E-state index is 12.1. The largest absolute Gasteiger partial charge is 0.292 e. The summed E-state index contributed by atoms with van der Waals surface area (Å²) in [5, 5.41) is 1.11. The Morgan fingerprint density at radius 2 is 1.52 bits per heavy atom. The lowest BCUT2D eigenvalue weighted by molar-refractivity contribution is 0.0933. The molecule has 1 heterocycles. The van der Waals surface area contributed by atoms with Crippen LogP contribution in [0.3, 0.4) is 0 Å². The van der Waals surface area contributed by atoms with Gasteiger partial charge in [-0.2, -0.15) is 23.5 Å². The molecule has 21 heavy (non-hydrogen) atoms. The van der Waals surface area contributed by atoms with Crippen LogP contribution < -0.4 is 0 Å². The number of rotatable bonds is 8. The summed E-state index contributed by atoms with van der Waals surface area (Å²) in [4.78, 5) is 21.2. The van der Waals surface area contributed by atoms with Crippen LogP contribution in [0.2, 0.25) is 0 Å². The molecular weight excluding hydrogens is 300 g/mol. The van der Waals surface area contributed by atoms with E-state index in [9.17, 15) is 4.79 Å². The Kier molecular flexibility index (Phi) is 7.74. The van der Waals surface area contributed by atoms with Crippen LogP contribution in [0.1, 0.15) is 63.4 Å². The first-order valence-electron chi connectivity index (χ1n) is 7.43. The number of Topliss-reactive ketones (excluding diaryl/α,β-unsaturated/α-hetero) is 1. The van der Waals surface area contributed by atoms with Crippen LogP contribution in [-0.4, -0.2) is 26.3 Å². The molecule has 3 nitrogen and oxygen atoms in total. The molecule has 0 amide bonds. The highest BCUT2D eigenvalue weighted by molar-refractivity contribution is 7.99. The van der Waals surface area contributed by atoms with Crippen molar-refractivity contribution < 1.29 is 4.79 Å². The first kappa shape index (κ1) is 18.5. The monoisotopic (exact) mass is 326 g/mol. The lowest BCUT2D eigenvalue weighted by Crippen LogP contribution is -2.13. The Hall–Kier alpha value is -0.550. The van der Waals surface area contributed by atoms with Crippen molar-refractivity contribution in [2.45, 2.75) is 63.5 Å². The molecule has 0 aromatic carbocycles. The van der Waals surface area contributed by atoms with Crippen LogP contribution in [0.15, 0.2) is 6.20 Å². The quantitative estimate of drug-likeness (QED) is 0.653. The number of carbonyl (C=O) groups is 1. The Morgan fingerprint density at radius 1 is 1.00 bits per heavy atom. The lowest BCUT2D eigenvalue weighted by Gasteiger charge is -2.12. The van der Waals surface area contributed by atoms with Gasteiger partial charge < -0.3 is 0 Å². The van der Waals surface area contributed by atoms with E-state index in [4.69, 9.17) is 0 Å². The average Bonchev–Trinajstić information content (AvgIpc) is 2.42. The molecule has 1 aromatic heterocycles. The second kappa shape index (κ2) is 8.79. The molecule has 0 unspecified atom stereocenters. The summed E-state index contributed by atoms with van der Waals surface area (Å²) in [6.45, 7) is 12.5. The van der Waals surface area contributed by atoms with E-state index in [0.29, 0.717) is 16.2 Å². The standard InChI is InChI=1S/C16H26N2OS2/c1-10(2)16(19)13-7-17-14(8-20-11(3)4)15(18-13)9-21-12(5)6/h7,10-12H,8-9H2,1-6H3. The van der Waals surface area contributed by atoms with E-state index < -0.39 is 0 Å². The number of ketones is 1. The van der Waals surface area contributed by atoms with E-state index in [2.05, 4.69) is 37.7 Å². The minimum absolute atomic E-state index is 0.0409. The smallest absolute Gasteiger partial charge is 0.185 e. The Bertz CT molecular complexity index is 473. The SMILES string of the molecule is CC(C)SCc1ncc(C(=O)C(C)C)nc1CSC(C)C. The van der Waals surface area contributed by atoms with Gasteiger partial charge in [-0.05, 0) is 10.5 Å². The zero-order valence-electron chi connectivity index (χ0n) is 13.8. The molecule has 0 radical (unpaired) electrons. The van der Waals surface area contributed by atoms with Gasteiger partial charge in [-0.25, -0.2) is 4.98 Å². The molecular formula is C16H26N2OS2. The van der Waals surface area contributed by atoms with E-state index in [1.54, 1.807) is 6.20 Å². The fourth-order valence-electron chi connectivity index (χ4n) is 1.59. The van der Waals surface area contributed by atoms with E-state index in [-0.39, 0.29) is 11.7 Å². The first-order chi connectivity index (χ1) is 9.81. The van der Waals surface area contributed by atoms with Crippen molar-refractivity contribution in [1.82, 2.24) is 9.97 Å². The molecule has 1 aromatic rings. The third kappa shape index (κ3) is 6.39. The van der Waals surface area contributed by atoms with Gasteiger partial charge in [0.1, 0.15) is 5.69 Å². The minimum Gasteiger partial charge on any atom is -0.292 e. The van der Waals surface area contributed by atoms with Crippen LogP contribution in [0.5, 0.6) is 0 Å². The van der Waals surface area contributed by atoms with Gasteiger partial charge in [-0.3, -0.25) is 9.78 Å². The number of hydrogen-bond acceptors (Lipinski definition) is 5. The third-order valence-corrected chi connectivity index (χ3v) is 5.03. The molecule has 0 aliphatic carbocycles. The number of hydrogen-bond donors (Lipinski definition) is 0. The highest BCUT2D eigenvalue weighted by atomic mass is 32.2. The van der Waals surface area contributed by atoms with Crippen molar-refractivity contribution in [2.75, 3.05) is 0 Å². The Morgan fingerprint density at radius 3 is 2.00 bits per heavy atom. The Balaban J connectivity index is 2.98. The fraction of sp³-hybridized carbons (Fsp3) is 0.688. The van der Waals surface area contributed by atoms with E-state index >= 15 is 0 Å². The van der Waals surface area contributed by atoms with Crippen molar-refractivity contribution in [3.63, 3.8) is 0 Å². The topological polar surface area (TPSA) is 42.9 Å². The summed E-state index contributed by atoms with van der Waals surface area (Å²) in [5.74, 6) is 1.70. The van der Waals surface area contributed by atoms with Gasteiger partial charge >= 0.3 is 0 Å². The van der Waals surface area contributed by atoms with Crippen LogP contribution in [-0.2, 0) is 11.5 Å². The maximum Gasteiger partial charge on any atom is 0.185 e. The molecule has 0 fully saturated rings. The molecule has 0 aliphatic heterocycles. The zero-order chi connectivity index (χ0) is 16.0. The van der Waals surface area contributed by atoms with Crippen molar-refractivity contribution in [3.05, 3.63) is 23.3 Å². The summed E-state index contributed by atoms with van der Waals surface area (Å²) in [7, 11) is 0. The Labute approximate surface area is 137 Å². The molecule has 118 valence electrons. The van der Waals surface area contributed by atoms with E-state index in [1.165, 1.54) is 0 Å². The lowest BCUT2D eigenvalue weighted by atomic mass is 10.1. The van der Waals surface area contributed by atoms with Gasteiger partial charge in [0, 0.05) is 17.4 Å². The predicted molar refractivity (Wildman–Crippen MR) is 94.1 cm³/mol. The molecule has 1 rings (SSSR count). The van der Waals surface area contributed by atoms with Crippen LogP contribution in [0.25, 0.3) is 0 Å². The molecule has 0 spiro atoms. The second-order valence-electron chi connectivity index (χ2n) is 5.89. The minimum atomic E-state index is -0.0409. The fourth-order valence-corrected chi connectivity index (χ4v) is 3.05. The first-order valence-corrected chi connectivity index (χ1v) is 9.53. The zero-order valence-corrected chi connectivity index (χ0v) is 15.5. The molecule has 0 aliphatic rings. The molecule has 0 N–H and O–H groups in total. The molecule has 5 heteroatoms. The van der Waals surface area contributed by atoms with Gasteiger partial charge in [0.2, 0.25) is 0 Å². The summed E-state index contributed by atoms with van der Waals surface area (Å²) < 4.78 is 0. The van der Waals surface area contributed by atoms with Gasteiger partial charge in [-0.15, -0.1) is 0 Å². The number of aromatic nitrogens is 2. The second-order valence-corrected chi connectivity index (χ2v) is 9.02. The van der Waals surface area contributed by atoms with Crippen molar-refractivity contribution in [2.24, 2.45) is 5.92 Å². The van der Waals surface area contributed by atoms with Gasteiger partial charge in [-0.1, -0.05) is 41.5 Å². The maximum atomic E-state index is 12.1. The van der Waals surface area contributed by atoms with E-state index in [1.807, 2.05) is 37.4 Å². The summed E-state index contributed by atoms with van der Waals surface area (Å²) in [6, 6.07) is 0. The van der Waals surface area contributed by atoms with Crippen molar-refractivity contribution in [3.8, 4) is 0 Å².